The third-order valence-corrected chi connectivity index (χ3v) is 3.69. The third kappa shape index (κ3) is 3.17. The highest BCUT2D eigenvalue weighted by molar-refractivity contribution is 6.31. The molecule has 0 aliphatic rings. The number of pyridine rings is 1. The maximum Gasteiger partial charge on any atom is 0.244 e. The first-order chi connectivity index (χ1) is 9.49. The van der Waals surface area contributed by atoms with Gasteiger partial charge in [-0.1, -0.05) is 17.7 Å². The molecule has 2 aromatic rings. The average Bonchev–Trinajstić information content (AvgIpc) is 2.67. The molecule has 5 nitrogen and oxygen atoms in total. The van der Waals surface area contributed by atoms with E-state index >= 15 is 0 Å². The lowest BCUT2D eigenvalue weighted by Gasteiger charge is -2.17. The van der Waals surface area contributed by atoms with Crippen LogP contribution in [0, 0.1) is 13.8 Å². The standard InChI is InChI=1S/C14H17ClN4O/c1-10-14(15)11(2)19(17-10)9-13(20)18(3)8-12-5-4-6-16-7-12/h4-7H,8-9H2,1-3H3. The smallest absolute Gasteiger partial charge is 0.244 e. The first kappa shape index (κ1) is 14.5. The molecule has 0 unspecified atom stereocenters. The van der Waals surface area contributed by atoms with Crippen molar-refractivity contribution in [2.45, 2.75) is 26.9 Å². The van der Waals surface area contributed by atoms with Gasteiger partial charge in [0.1, 0.15) is 6.54 Å². The number of rotatable bonds is 4. The number of nitrogens with zero attached hydrogens (tertiary/aromatic N) is 4. The topological polar surface area (TPSA) is 51.0 Å². The molecule has 0 aromatic carbocycles. The van der Waals surface area contributed by atoms with Gasteiger partial charge in [0.05, 0.1) is 16.4 Å². The van der Waals surface area contributed by atoms with Crippen LogP contribution in [0.4, 0.5) is 0 Å². The van der Waals surface area contributed by atoms with E-state index in [1.54, 1.807) is 29.0 Å². The Bertz CT molecular complexity index is 609. The number of carbonyl (C=O) groups excluding carboxylic acids is 1. The second-order valence-corrected chi connectivity index (χ2v) is 5.13. The van der Waals surface area contributed by atoms with Crippen LogP contribution in [0.15, 0.2) is 24.5 Å². The number of likely N-dealkylation sites (N-methyl/N-ethyl adjacent to an activating group) is 1. The zero-order chi connectivity index (χ0) is 14.7. The Labute approximate surface area is 123 Å². The average molecular weight is 293 g/mol. The molecule has 0 saturated heterocycles. The Hall–Kier alpha value is -1.88. The Morgan fingerprint density at radius 2 is 2.20 bits per heavy atom. The fraction of sp³-hybridized carbons (Fsp3) is 0.357. The zero-order valence-corrected chi connectivity index (χ0v) is 12.6. The lowest BCUT2D eigenvalue weighted by Crippen LogP contribution is -2.30. The van der Waals surface area contributed by atoms with Gasteiger partial charge in [0.15, 0.2) is 0 Å². The highest BCUT2D eigenvalue weighted by Gasteiger charge is 2.15. The van der Waals surface area contributed by atoms with Crippen molar-refractivity contribution in [2.75, 3.05) is 7.05 Å². The zero-order valence-electron chi connectivity index (χ0n) is 11.8. The molecular weight excluding hydrogens is 276 g/mol. The monoisotopic (exact) mass is 292 g/mol. The summed E-state index contributed by atoms with van der Waals surface area (Å²) in [7, 11) is 1.77. The molecule has 6 heteroatoms. The van der Waals surface area contributed by atoms with Gasteiger partial charge in [-0.05, 0) is 25.5 Å². The molecule has 0 fully saturated rings. The van der Waals surface area contributed by atoms with Gasteiger partial charge in [0.25, 0.3) is 0 Å². The van der Waals surface area contributed by atoms with Gasteiger partial charge in [-0.25, -0.2) is 0 Å². The summed E-state index contributed by atoms with van der Waals surface area (Å²) in [5, 5.41) is 4.88. The van der Waals surface area contributed by atoms with E-state index in [1.165, 1.54) is 0 Å². The number of aryl methyl sites for hydroxylation is 1. The fourth-order valence-electron chi connectivity index (χ4n) is 1.93. The number of carbonyl (C=O) groups is 1. The lowest BCUT2D eigenvalue weighted by molar-refractivity contribution is -0.131. The number of hydrogen-bond acceptors (Lipinski definition) is 3. The van der Waals surface area contributed by atoms with Crippen LogP contribution in [-0.4, -0.2) is 32.6 Å². The van der Waals surface area contributed by atoms with Gasteiger partial charge < -0.3 is 4.90 Å². The predicted molar refractivity (Wildman–Crippen MR) is 77.4 cm³/mol. The van der Waals surface area contributed by atoms with E-state index in [1.807, 2.05) is 26.0 Å². The molecule has 0 atom stereocenters. The van der Waals surface area contributed by atoms with E-state index in [0.717, 1.165) is 17.0 Å². The summed E-state index contributed by atoms with van der Waals surface area (Å²) in [5.41, 5.74) is 2.55. The van der Waals surface area contributed by atoms with Gasteiger partial charge in [0.2, 0.25) is 5.91 Å². The largest absolute Gasteiger partial charge is 0.340 e. The van der Waals surface area contributed by atoms with Crippen LogP contribution in [0.25, 0.3) is 0 Å². The Morgan fingerprint density at radius 3 is 2.75 bits per heavy atom. The Balaban J connectivity index is 2.02. The summed E-state index contributed by atoms with van der Waals surface area (Å²) >= 11 is 6.07. The third-order valence-electron chi connectivity index (χ3n) is 3.15. The molecule has 0 radical (unpaired) electrons. The molecule has 2 aromatic heterocycles. The van der Waals surface area contributed by atoms with E-state index in [4.69, 9.17) is 11.6 Å². The summed E-state index contributed by atoms with van der Waals surface area (Å²) in [5.74, 6) is -0.0175. The maximum absolute atomic E-state index is 12.2. The van der Waals surface area contributed by atoms with Crippen molar-refractivity contribution in [1.29, 1.82) is 0 Å². The first-order valence-corrected chi connectivity index (χ1v) is 6.69. The minimum atomic E-state index is -0.0175. The summed E-state index contributed by atoms with van der Waals surface area (Å²) in [6.07, 6.45) is 3.47. The molecule has 20 heavy (non-hydrogen) atoms. The molecule has 2 heterocycles. The van der Waals surface area contributed by atoms with Crippen molar-refractivity contribution < 1.29 is 4.79 Å². The van der Waals surface area contributed by atoms with Crippen molar-refractivity contribution in [3.05, 3.63) is 46.5 Å². The predicted octanol–water partition coefficient (Wildman–Crippen LogP) is 2.21. The van der Waals surface area contributed by atoms with Crippen LogP contribution in [0.3, 0.4) is 0 Å². The Kier molecular flexibility index (Phi) is 4.39. The van der Waals surface area contributed by atoms with Crippen molar-refractivity contribution in [1.82, 2.24) is 19.7 Å². The number of hydrogen-bond donors (Lipinski definition) is 0. The van der Waals surface area contributed by atoms with E-state index in [-0.39, 0.29) is 12.5 Å². The summed E-state index contributed by atoms with van der Waals surface area (Å²) in [6.45, 7) is 4.41. The van der Waals surface area contributed by atoms with Crippen LogP contribution in [0.1, 0.15) is 17.0 Å². The number of halogens is 1. The quantitative estimate of drug-likeness (QED) is 0.868. The molecule has 0 saturated carbocycles. The van der Waals surface area contributed by atoms with Crippen LogP contribution in [0.5, 0.6) is 0 Å². The van der Waals surface area contributed by atoms with Gasteiger partial charge >= 0.3 is 0 Å². The van der Waals surface area contributed by atoms with Gasteiger partial charge in [-0.15, -0.1) is 0 Å². The normalized spacial score (nSPS) is 10.6. The minimum absolute atomic E-state index is 0.0175. The summed E-state index contributed by atoms with van der Waals surface area (Å²) < 4.78 is 1.64. The van der Waals surface area contributed by atoms with Crippen molar-refractivity contribution in [3.63, 3.8) is 0 Å². The van der Waals surface area contributed by atoms with E-state index in [2.05, 4.69) is 10.1 Å². The van der Waals surface area contributed by atoms with Crippen LogP contribution < -0.4 is 0 Å². The fourth-order valence-corrected chi connectivity index (χ4v) is 2.07. The van der Waals surface area contributed by atoms with Crippen molar-refractivity contribution in [3.8, 4) is 0 Å². The maximum atomic E-state index is 12.2. The molecule has 0 aliphatic heterocycles. The summed E-state index contributed by atoms with van der Waals surface area (Å²) in [4.78, 5) is 17.9. The molecule has 0 spiro atoms. The lowest BCUT2D eigenvalue weighted by atomic mass is 10.2. The molecule has 106 valence electrons. The van der Waals surface area contributed by atoms with Gasteiger partial charge in [-0.2, -0.15) is 5.10 Å². The van der Waals surface area contributed by atoms with Gasteiger partial charge in [-0.3, -0.25) is 14.5 Å². The second-order valence-electron chi connectivity index (χ2n) is 4.75. The van der Waals surface area contributed by atoms with Crippen LogP contribution in [-0.2, 0) is 17.9 Å². The highest BCUT2D eigenvalue weighted by Crippen LogP contribution is 2.18. The molecular formula is C14H17ClN4O. The molecule has 0 N–H and O–H groups in total. The van der Waals surface area contributed by atoms with E-state index < -0.39 is 0 Å². The summed E-state index contributed by atoms with van der Waals surface area (Å²) in [6, 6.07) is 3.80. The number of amides is 1. The van der Waals surface area contributed by atoms with E-state index in [9.17, 15) is 4.79 Å². The molecule has 1 amide bonds. The molecule has 2 rings (SSSR count). The van der Waals surface area contributed by atoms with E-state index in [0.29, 0.717) is 11.6 Å². The minimum Gasteiger partial charge on any atom is -0.340 e. The molecule has 0 bridgehead atoms. The highest BCUT2D eigenvalue weighted by atomic mass is 35.5. The number of aromatic nitrogens is 3. The van der Waals surface area contributed by atoms with Gasteiger partial charge in [0, 0.05) is 26.0 Å². The van der Waals surface area contributed by atoms with Crippen molar-refractivity contribution >= 4 is 17.5 Å². The SMILES string of the molecule is Cc1nn(CC(=O)N(C)Cc2cccnc2)c(C)c1Cl. The van der Waals surface area contributed by atoms with Crippen LogP contribution >= 0.6 is 11.6 Å². The molecule has 0 aliphatic carbocycles. The van der Waals surface area contributed by atoms with Crippen LogP contribution in [0.2, 0.25) is 5.02 Å². The first-order valence-electron chi connectivity index (χ1n) is 6.31. The Morgan fingerprint density at radius 1 is 1.45 bits per heavy atom. The second kappa shape index (κ2) is 6.05. The van der Waals surface area contributed by atoms with Crippen molar-refractivity contribution in [2.24, 2.45) is 0 Å².